The summed E-state index contributed by atoms with van der Waals surface area (Å²) in [5.74, 6) is 0.492. The maximum Gasteiger partial charge on any atom is 0.135 e. The molecule has 0 aliphatic carbocycles. The number of aryl methyl sites for hydroxylation is 2. The number of halogens is 1. The largest absolute Gasteiger partial charge is 0.299 e. The quantitative estimate of drug-likeness (QED) is 0.834. The number of rotatable bonds is 5. The molecule has 1 heterocycles. The molecule has 1 aromatic rings. The van der Waals surface area contributed by atoms with Crippen molar-refractivity contribution in [3.63, 3.8) is 0 Å². The van der Waals surface area contributed by atoms with Crippen molar-refractivity contribution in [1.29, 1.82) is 0 Å². The molecule has 0 aromatic carbocycles. The molecule has 0 N–H and O–H groups in total. The van der Waals surface area contributed by atoms with E-state index in [1.54, 1.807) is 0 Å². The Hall–Kier alpha value is -0.640. The van der Waals surface area contributed by atoms with Crippen LogP contribution in [0.3, 0.4) is 0 Å². The van der Waals surface area contributed by atoms with Gasteiger partial charge in [0.2, 0.25) is 0 Å². The second-order valence-corrected chi connectivity index (χ2v) is 5.24. The highest BCUT2D eigenvalue weighted by molar-refractivity contribution is 9.10. The number of carbonyl (C=O) groups is 1. The van der Waals surface area contributed by atoms with Gasteiger partial charge in [0.25, 0.3) is 0 Å². The van der Waals surface area contributed by atoms with Crippen LogP contribution in [-0.2, 0) is 18.3 Å². The highest BCUT2D eigenvalue weighted by atomic mass is 79.9. The second-order valence-electron chi connectivity index (χ2n) is 4.44. The molecule has 90 valence electrons. The molecule has 0 aliphatic heterocycles. The summed E-state index contributed by atoms with van der Waals surface area (Å²) in [4.78, 5) is 11.5. The van der Waals surface area contributed by atoms with Gasteiger partial charge in [-0.2, -0.15) is 5.10 Å². The van der Waals surface area contributed by atoms with Crippen molar-refractivity contribution in [1.82, 2.24) is 9.78 Å². The van der Waals surface area contributed by atoms with Gasteiger partial charge in [-0.15, -0.1) is 0 Å². The Balaban J connectivity index is 2.52. The van der Waals surface area contributed by atoms with E-state index in [4.69, 9.17) is 0 Å². The molecule has 0 radical (unpaired) electrons. The Morgan fingerprint density at radius 3 is 2.56 bits per heavy atom. The van der Waals surface area contributed by atoms with Crippen LogP contribution in [0.25, 0.3) is 0 Å². The Morgan fingerprint density at radius 1 is 1.50 bits per heavy atom. The first kappa shape index (κ1) is 13.4. The van der Waals surface area contributed by atoms with Crippen LogP contribution in [0.1, 0.15) is 38.1 Å². The van der Waals surface area contributed by atoms with Crippen LogP contribution in [0.2, 0.25) is 0 Å². The summed E-state index contributed by atoms with van der Waals surface area (Å²) in [7, 11) is 1.94. The van der Waals surface area contributed by atoms with Crippen LogP contribution in [0.5, 0.6) is 0 Å². The summed E-state index contributed by atoms with van der Waals surface area (Å²) in [5.41, 5.74) is 2.18. The van der Waals surface area contributed by atoms with Crippen molar-refractivity contribution in [3.05, 3.63) is 15.9 Å². The smallest absolute Gasteiger partial charge is 0.135 e. The SMILES string of the molecule is Cc1nn(C)c(CCCC(=O)C(C)C)c1Br. The van der Waals surface area contributed by atoms with Crippen molar-refractivity contribution < 1.29 is 4.79 Å². The molecule has 0 atom stereocenters. The van der Waals surface area contributed by atoms with Crippen LogP contribution in [0.15, 0.2) is 4.47 Å². The fourth-order valence-electron chi connectivity index (χ4n) is 1.67. The van der Waals surface area contributed by atoms with Gasteiger partial charge < -0.3 is 0 Å². The van der Waals surface area contributed by atoms with Gasteiger partial charge in [-0.25, -0.2) is 0 Å². The Bertz CT molecular complexity index is 383. The fourth-order valence-corrected chi connectivity index (χ4v) is 2.20. The van der Waals surface area contributed by atoms with Gasteiger partial charge >= 0.3 is 0 Å². The molecule has 3 nitrogen and oxygen atoms in total. The van der Waals surface area contributed by atoms with Gasteiger partial charge in [0.05, 0.1) is 15.9 Å². The van der Waals surface area contributed by atoms with E-state index in [1.165, 1.54) is 5.69 Å². The van der Waals surface area contributed by atoms with E-state index < -0.39 is 0 Å². The summed E-state index contributed by atoms with van der Waals surface area (Å²) < 4.78 is 2.96. The maximum absolute atomic E-state index is 11.5. The van der Waals surface area contributed by atoms with Gasteiger partial charge in [-0.05, 0) is 35.7 Å². The minimum atomic E-state index is 0.150. The second kappa shape index (κ2) is 5.62. The van der Waals surface area contributed by atoms with E-state index in [0.29, 0.717) is 12.2 Å². The molecule has 0 saturated carbocycles. The van der Waals surface area contributed by atoms with Gasteiger partial charge in [-0.1, -0.05) is 13.8 Å². The van der Waals surface area contributed by atoms with Crippen molar-refractivity contribution in [2.45, 2.75) is 40.0 Å². The zero-order valence-corrected chi connectivity index (χ0v) is 12.0. The molecule has 0 unspecified atom stereocenters. The summed E-state index contributed by atoms with van der Waals surface area (Å²) in [5, 5.41) is 4.33. The number of Topliss-reactive ketones (excluding diaryl/α,β-unsaturated/α-hetero) is 1. The van der Waals surface area contributed by atoms with Crippen molar-refractivity contribution in [3.8, 4) is 0 Å². The Kier molecular flexibility index (Phi) is 4.71. The molecule has 0 bridgehead atoms. The molecule has 1 rings (SSSR count). The minimum absolute atomic E-state index is 0.150. The van der Waals surface area contributed by atoms with E-state index in [0.717, 1.165) is 23.0 Å². The van der Waals surface area contributed by atoms with Gasteiger partial charge in [0.15, 0.2) is 0 Å². The van der Waals surface area contributed by atoms with E-state index in [2.05, 4.69) is 21.0 Å². The minimum Gasteiger partial charge on any atom is -0.299 e. The summed E-state index contributed by atoms with van der Waals surface area (Å²) in [6, 6.07) is 0. The zero-order valence-electron chi connectivity index (χ0n) is 10.4. The van der Waals surface area contributed by atoms with Crippen LogP contribution < -0.4 is 0 Å². The monoisotopic (exact) mass is 286 g/mol. The maximum atomic E-state index is 11.5. The van der Waals surface area contributed by atoms with Crippen LogP contribution in [0.4, 0.5) is 0 Å². The van der Waals surface area contributed by atoms with Crippen LogP contribution in [-0.4, -0.2) is 15.6 Å². The number of ketones is 1. The Morgan fingerprint density at radius 2 is 2.12 bits per heavy atom. The summed E-state index contributed by atoms with van der Waals surface area (Å²) in [6.07, 6.45) is 2.46. The first-order valence-corrected chi connectivity index (χ1v) is 6.43. The molecular weight excluding hydrogens is 268 g/mol. The lowest BCUT2D eigenvalue weighted by molar-refractivity contribution is -0.121. The first-order valence-electron chi connectivity index (χ1n) is 5.64. The van der Waals surface area contributed by atoms with E-state index in [1.807, 2.05) is 32.5 Å². The molecule has 1 aromatic heterocycles. The normalized spacial score (nSPS) is 11.1. The fraction of sp³-hybridized carbons (Fsp3) is 0.667. The van der Waals surface area contributed by atoms with Crippen molar-refractivity contribution >= 4 is 21.7 Å². The molecule has 0 spiro atoms. The van der Waals surface area contributed by atoms with Crippen molar-refractivity contribution in [2.24, 2.45) is 13.0 Å². The van der Waals surface area contributed by atoms with E-state index in [9.17, 15) is 4.79 Å². The third-order valence-electron chi connectivity index (χ3n) is 2.74. The zero-order chi connectivity index (χ0) is 12.3. The van der Waals surface area contributed by atoms with Crippen LogP contribution in [0, 0.1) is 12.8 Å². The number of nitrogens with zero attached hydrogens (tertiary/aromatic N) is 2. The number of carbonyl (C=O) groups excluding carboxylic acids is 1. The number of hydrogen-bond donors (Lipinski definition) is 0. The predicted molar refractivity (Wildman–Crippen MR) is 68.4 cm³/mol. The molecule has 16 heavy (non-hydrogen) atoms. The highest BCUT2D eigenvalue weighted by Gasteiger charge is 2.12. The van der Waals surface area contributed by atoms with Gasteiger partial charge in [0, 0.05) is 19.4 Å². The highest BCUT2D eigenvalue weighted by Crippen LogP contribution is 2.22. The average molecular weight is 287 g/mol. The molecule has 0 amide bonds. The third kappa shape index (κ3) is 3.17. The number of aromatic nitrogens is 2. The first-order chi connectivity index (χ1) is 7.43. The molecule has 0 saturated heterocycles. The third-order valence-corrected chi connectivity index (χ3v) is 3.77. The topological polar surface area (TPSA) is 34.9 Å². The molecule has 0 fully saturated rings. The van der Waals surface area contributed by atoms with Crippen LogP contribution >= 0.6 is 15.9 Å². The summed E-state index contributed by atoms with van der Waals surface area (Å²) >= 11 is 3.53. The van der Waals surface area contributed by atoms with Crippen molar-refractivity contribution in [2.75, 3.05) is 0 Å². The lowest BCUT2D eigenvalue weighted by Gasteiger charge is -2.05. The molecular formula is C12H19BrN2O. The van der Waals surface area contributed by atoms with Gasteiger partial charge in [-0.3, -0.25) is 9.48 Å². The summed E-state index contributed by atoms with van der Waals surface area (Å²) in [6.45, 7) is 5.88. The standard InChI is InChI=1S/C12H19BrN2O/c1-8(2)11(16)7-5-6-10-12(13)9(3)14-15(10)4/h8H,5-7H2,1-4H3. The lowest BCUT2D eigenvalue weighted by atomic mass is 10.0. The molecule has 4 heteroatoms. The van der Waals surface area contributed by atoms with E-state index in [-0.39, 0.29) is 5.92 Å². The lowest BCUT2D eigenvalue weighted by Crippen LogP contribution is -2.07. The van der Waals surface area contributed by atoms with E-state index >= 15 is 0 Å². The Labute approximate surface area is 105 Å². The average Bonchev–Trinajstić information content (AvgIpc) is 2.44. The predicted octanol–water partition coefficient (Wildman–Crippen LogP) is 3.04. The molecule has 0 aliphatic rings. The van der Waals surface area contributed by atoms with Gasteiger partial charge in [0.1, 0.15) is 5.78 Å². The number of hydrogen-bond acceptors (Lipinski definition) is 2.